The number of benzene rings is 1. The third-order valence-corrected chi connectivity index (χ3v) is 3.50. The first kappa shape index (κ1) is 13.0. The van der Waals surface area contributed by atoms with E-state index in [-0.39, 0.29) is 5.82 Å². The Kier molecular flexibility index (Phi) is 3.60. The van der Waals surface area contributed by atoms with Crippen molar-refractivity contribution >= 4 is 5.95 Å². The van der Waals surface area contributed by atoms with Crippen LogP contribution in [0.25, 0.3) is 11.3 Å². The van der Waals surface area contributed by atoms with E-state index in [1.807, 2.05) is 12.1 Å². The van der Waals surface area contributed by atoms with Gasteiger partial charge in [-0.05, 0) is 36.8 Å². The van der Waals surface area contributed by atoms with Gasteiger partial charge in [-0.15, -0.1) is 0 Å². The molecule has 0 aliphatic carbocycles. The average molecular weight is 272 g/mol. The van der Waals surface area contributed by atoms with Gasteiger partial charge in [0.05, 0.1) is 5.69 Å². The number of aromatic nitrogens is 2. The molecule has 20 heavy (non-hydrogen) atoms. The Balaban J connectivity index is 1.91. The van der Waals surface area contributed by atoms with Crippen LogP contribution >= 0.6 is 0 Å². The molecule has 1 aliphatic heterocycles. The molecule has 1 aliphatic rings. The Hall–Kier alpha value is -2.01. The SMILES string of the molecule is Cc1cc(-c2ccnc(N3CCNCC3)n2)ccc1F. The molecular formula is C15H17FN4. The maximum Gasteiger partial charge on any atom is 0.225 e. The van der Waals surface area contributed by atoms with E-state index in [1.165, 1.54) is 6.07 Å². The molecule has 2 aromatic rings. The van der Waals surface area contributed by atoms with Gasteiger partial charge in [-0.2, -0.15) is 0 Å². The fourth-order valence-electron chi connectivity index (χ4n) is 2.33. The fourth-order valence-corrected chi connectivity index (χ4v) is 2.33. The summed E-state index contributed by atoms with van der Waals surface area (Å²) in [5.41, 5.74) is 2.38. The second-order valence-electron chi connectivity index (χ2n) is 4.94. The molecule has 104 valence electrons. The fraction of sp³-hybridized carbons (Fsp3) is 0.333. The van der Waals surface area contributed by atoms with E-state index in [9.17, 15) is 4.39 Å². The predicted octanol–water partition coefficient (Wildman–Crippen LogP) is 2.00. The maximum absolute atomic E-state index is 13.3. The van der Waals surface area contributed by atoms with Gasteiger partial charge in [0, 0.05) is 37.9 Å². The van der Waals surface area contributed by atoms with Gasteiger partial charge in [-0.1, -0.05) is 0 Å². The van der Waals surface area contributed by atoms with Crippen LogP contribution in [-0.4, -0.2) is 36.1 Å². The second-order valence-corrected chi connectivity index (χ2v) is 4.94. The van der Waals surface area contributed by atoms with Gasteiger partial charge >= 0.3 is 0 Å². The first-order valence-corrected chi connectivity index (χ1v) is 6.79. The number of piperazine rings is 1. The Morgan fingerprint density at radius 1 is 1.20 bits per heavy atom. The minimum absolute atomic E-state index is 0.190. The summed E-state index contributed by atoms with van der Waals surface area (Å²) in [6, 6.07) is 6.92. The van der Waals surface area contributed by atoms with Crippen molar-refractivity contribution in [3.63, 3.8) is 0 Å². The highest BCUT2D eigenvalue weighted by atomic mass is 19.1. The van der Waals surface area contributed by atoms with Crippen molar-refractivity contribution < 1.29 is 4.39 Å². The maximum atomic E-state index is 13.3. The Labute approximate surface area is 117 Å². The van der Waals surface area contributed by atoms with Gasteiger partial charge in [0.25, 0.3) is 0 Å². The Morgan fingerprint density at radius 3 is 2.75 bits per heavy atom. The van der Waals surface area contributed by atoms with Gasteiger partial charge in [0.15, 0.2) is 0 Å². The largest absolute Gasteiger partial charge is 0.338 e. The Morgan fingerprint density at radius 2 is 2.00 bits per heavy atom. The minimum atomic E-state index is -0.190. The van der Waals surface area contributed by atoms with Crippen molar-refractivity contribution in [3.05, 3.63) is 41.8 Å². The lowest BCUT2D eigenvalue weighted by Gasteiger charge is -2.27. The van der Waals surface area contributed by atoms with E-state index < -0.39 is 0 Å². The second kappa shape index (κ2) is 5.54. The number of hydrogen-bond acceptors (Lipinski definition) is 4. The molecule has 1 saturated heterocycles. The molecule has 0 radical (unpaired) electrons. The summed E-state index contributed by atoms with van der Waals surface area (Å²) in [6.45, 7) is 5.47. The number of nitrogens with one attached hydrogen (secondary N) is 1. The summed E-state index contributed by atoms with van der Waals surface area (Å²) in [4.78, 5) is 11.1. The molecule has 5 heteroatoms. The van der Waals surface area contributed by atoms with Crippen molar-refractivity contribution in [3.8, 4) is 11.3 Å². The highest BCUT2D eigenvalue weighted by Gasteiger charge is 2.13. The average Bonchev–Trinajstić information content (AvgIpc) is 2.51. The van der Waals surface area contributed by atoms with E-state index in [0.29, 0.717) is 5.56 Å². The molecule has 1 aromatic carbocycles. The van der Waals surface area contributed by atoms with Crippen LogP contribution < -0.4 is 10.2 Å². The highest BCUT2D eigenvalue weighted by molar-refractivity contribution is 5.61. The van der Waals surface area contributed by atoms with E-state index in [1.54, 1.807) is 19.2 Å². The normalized spacial score (nSPS) is 15.4. The molecule has 1 fully saturated rings. The molecule has 0 bridgehead atoms. The molecule has 4 nitrogen and oxygen atoms in total. The van der Waals surface area contributed by atoms with Gasteiger partial charge in [0.2, 0.25) is 5.95 Å². The molecule has 3 rings (SSSR count). The molecule has 1 aromatic heterocycles. The number of halogens is 1. The first-order valence-electron chi connectivity index (χ1n) is 6.79. The standard InChI is InChI=1S/C15H17FN4/c1-11-10-12(2-3-13(11)16)14-4-5-18-15(19-14)20-8-6-17-7-9-20/h2-5,10,17H,6-9H2,1H3. The van der Waals surface area contributed by atoms with Crippen LogP contribution in [0.3, 0.4) is 0 Å². The van der Waals surface area contributed by atoms with Gasteiger partial charge in [-0.3, -0.25) is 0 Å². The van der Waals surface area contributed by atoms with E-state index in [2.05, 4.69) is 20.2 Å². The number of rotatable bonds is 2. The summed E-state index contributed by atoms with van der Waals surface area (Å²) < 4.78 is 13.3. The van der Waals surface area contributed by atoms with E-state index in [4.69, 9.17) is 0 Å². The van der Waals surface area contributed by atoms with Crippen molar-refractivity contribution in [2.45, 2.75) is 6.92 Å². The van der Waals surface area contributed by atoms with Crippen molar-refractivity contribution in [1.29, 1.82) is 0 Å². The molecule has 2 heterocycles. The monoisotopic (exact) mass is 272 g/mol. The molecule has 0 unspecified atom stereocenters. The van der Waals surface area contributed by atoms with Crippen LogP contribution in [0.1, 0.15) is 5.56 Å². The predicted molar refractivity (Wildman–Crippen MR) is 77.2 cm³/mol. The summed E-state index contributed by atoms with van der Waals surface area (Å²) in [7, 11) is 0. The third kappa shape index (κ3) is 2.63. The molecule has 0 saturated carbocycles. The van der Waals surface area contributed by atoms with Crippen LogP contribution in [0.5, 0.6) is 0 Å². The number of anilines is 1. The van der Waals surface area contributed by atoms with Crippen molar-refractivity contribution in [2.75, 3.05) is 31.1 Å². The molecule has 1 N–H and O–H groups in total. The van der Waals surface area contributed by atoms with Gasteiger partial charge in [-0.25, -0.2) is 14.4 Å². The summed E-state index contributed by atoms with van der Waals surface area (Å²) >= 11 is 0. The molecule has 0 amide bonds. The summed E-state index contributed by atoms with van der Waals surface area (Å²) in [5.74, 6) is 0.552. The van der Waals surface area contributed by atoms with Gasteiger partial charge < -0.3 is 10.2 Å². The Bertz CT molecular complexity index is 609. The highest BCUT2D eigenvalue weighted by Crippen LogP contribution is 2.21. The lowest BCUT2D eigenvalue weighted by Crippen LogP contribution is -2.44. The number of nitrogens with zero attached hydrogens (tertiary/aromatic N) is 3. The van der Waals surface area contributed by atoms with Crippen LogP contribution in [-0.2, 0) is 0 Å². The van der Waals surface area contributed by atoms with Crippen LogP contribution in [0.15, 0.2) is 30.5 Å². The zero-order valence-electron chi connectivity index (χ0n) is 11.4. The van der Waals surface area contributed by atoms with Crippen molar-refractivity contribution in [2.24, 2.45) is 0 Å². The quantitative estimate of drug-likeness (QED) is 0.908. The van der Waals surface area contributed by atoms with Gasteiger partial charge in [0.1, 0.15) is 5.82 Å². The zero-order valence-corrected chi connectivity index (χ0v) is 11.4. The number of hydrogen-bond donors (Lipinski definition) is 1. The molecular weight excluding hydrogens is 255 g/mol. The lowest BCUT2D eigenvalue weighted by molar-refractivity contribution is 0.580. The van der Waals surface area contributed by atoms with Crippen LogP contribution in [0, 0.1) is 12.7 Å². The zero-order chi connectivity index (χ0) is 13.9. The first-order chi connectivity index (χ1) is 9.74. The van der Waals surface area contributed by atoms with Crippen LogP contribution in [0.4, 0.5) is 10.3 Å². The molecule has 0 atom stereocenters. The minimum Gasteiger partial charge on any atom is -0.338 e. The number of aryl methyl sites for hydroxylation is 1. The van der Waals surface area contributed by atoms with Crippen molar-refractivity contribution in [1.82, 2.24) is 15.3 Å². The third-order valence-electron chi connectivity index (χ3n) is 3.50. The summed E-state index contributed by atoms with van der Waals surface area (Å²) in [5, 5.41) is 3.31. The smallest absolute Gasteiger partial charge is 0.225 e. The van der Waals surface area contributed by atoms with E-state index in [0.717, 1.165) is 43.4 Å². The summed E-state index contributed by atoms with van der Waals surface area (Å²) in [6.07, 6.45) is 1.76. The molecule has 0 spiro atoms. The lowest BCUT2D eigenvalue weighted by atomic mass is 10.1. The van der Waals surface area contributed by atoms with Crippen LogP contribution in [0.2, 0.25) is 0 Å². The van der Waals surface area contributed by atoms with E-state index >= 15 is 0 Å². The topological polar surface area (TPSA) is 41.1 Å².